The molecule has 31 heavy (non-hydrogen) atoms. The highest BCUT2D eigenvalue weighted by Crippen LogP contribution is 2.34. The first-order chi connectivity index (χ1) is 15.0. The van der Waals surface area contributed by atoms with Crippen molar-refractivity contribution in [2.24, 2.45) is 0 Å². The van der Waals surface area contributed by atoms with E-state index in [1.165, 1.54) is 11.3 Å². The van der Waals surface area contributed by atoms with Gasteiger partial charge in [-0.2, -0.15) is 0 Å². The lowest BCUT2D eigenvalue weighted by Crippen LogP contribution is -2.22. The van der Waals surface area contributed by atoms with Crippen LogP contribution in [0.2, 0.25) is 10.0 Å². The minimum absolute atomic E-state index is 0.130. The number of nitrogens with zero attached hydrogens (tertiary/aromatic N) is 2. The molecule has 0 atom stereocenters. The number of hydrogen-bond acceptors (Lipinski definition) is 4. The highest BCUT2D eigenvalue weighted by molar-refractivity contribution is 7.15. The second kappa shape index (κ2) is 8.00. The third kappa shape index (κ3) is 3.69. The predicted octanol–water partition coefficient (Wildman–Crippen LogP) is 5.65. The third-order valence-electron chi connectivity index (χ3n) is 5.10. The van der Waals surface area contributed by atoms with Gasteiger partial charge in [0.2, 0.25) is 0 Å². The maximum atomic E-state index is 13.1. The molecule has 0 spiro atoms. The number of hydrogen-bond donors (Lipinski definition) is 0. The Morgan fingerprint density at radius 2 is 1.87 bits per heavy atom. The third-order valence-corrected chi connectivity index (χ3v) is 6.57. The molecule has 2 aromatic heterocycles. The number of halogens is 2. The van der Waals surface area contributed by atoms with E-state index in [-0.39, 0.29) is 5.56 Å². The largest absolute Gasteiger partial charge is 0.487 e. The Bertz CT molecular complexity index is 1560. The SMILES string of the molecule is Cc1ccccc1COc1c(Cl)cc(Cl)cc1C=c1sc2nc3ccccc3n2c1=O. The summed E-state index contributed by atoms with van der Waals surface area (Å²) in [6, 6.07) is 19.0. The molecule has 0 amide bonds. The number of fused-ring (bicyclic) bond motifs is 3. The highest BCUT2D eigenvalue weighted by atomic mass is 35.5. The van der Waals surface area contributed by atoms with E-state index in [2.05, 4.69) is 4.98 Å². The van der Waals surface area contributed by atoms with Gasteiger partial charge < -0.3 is 4.74 Å². The molecule has 5 rings (SSSR count). The van der Waals surface area contributed by atoms with Crippen molar-refractivity contribution in [1.82, 2.24) is 9.38 Å². The van der Waals surface area contributed by atoms with E-state index in [9.17, 15) is 4.79 Å². The molecule has 0 saturated heterocycles. The standard InChI is InChI=1S/C24H16Cl2N2O2S/c1-14-6-2-3-7-15(14)13-30-22-16(10-17(25)12-18(22)26)11-21-23(29)28-20-9-5-4-8-19(20)27-24(28)31-21/h2-12H,13H2,1H3. The van der Waals surface area contributed by atoms with Crippen molar-refractivity contribution in [2.45, 2.75) is 13.5 Å². The summed E-state index contributed by atoms with van der Waals surface area (Å²) >= 11 is 14.0. The van der Waals surface area contributed by atoms with E-state index in [1.54, 1.807) is 22.6 Å². The Balaban J connectivity index is 1.62. The number of thiazole rings is 1. The van der Waals surface area contributed by atoms with Gasteiger partial charge in [-0.15, -0.1) is 0 Å². The number of benzene rings is 3. The van der Waals surface area contributed by atoms with Crippen LogP contribution >= 0.6 is 34.5 Å². The van der Waals surface area contributed by atoms with E-state index in [1.807, 2.05) is 55.5 Å². The molecular weight excluding hydrogens is 451 g/mol. The fourth-order valence-corrected chi connectivity index (χ4v) is 5.06. The van der Waals surface area contributed by atoms with Gasteiger partial charge in [0.15, 0.2) is 4.96 Å². The Hall–Kier alpha value is -2.86. The normalized spacial score (nSPS) is 12.2. The van der Waals surface area contributed by atoms with Gasteiger partial charge in [0, 0.05) is 10.6 Å². The quantitative estimate of drug-likeness (QED) is 0.343. The van der Waals surface area contributed by atoms with E-state index >= 15 is 0 Å². The Morgan fingerprint density at radius 3 is 2.71 bits per heavy atom. The molecule has 0 fully saturated rings. The van der Waals surface area contributed by atoms with Crippen LogP contribution in [0.4, 0.5) is 0 Å². The maximum Gasteiger partial charge on any atom is 0.274 e. The maximum absolute atomic E-state index is 13.1. The average molecular weight is 467 g/mol. The molecule has 154 valence electrons. The zero-order valence-electron chi connectivity index (χ0n) is 16.4. The first-order valence-corrected chi connectivity index (χ1v) is 11.2. The first-order valence-electron chi connectivity index (χ1n) is 9.59. The van der Waals surface area contributed by atoms with Gasteiger partial charge in [0.1, 0.15) is 12.4 Å². The minimum atomic E-state index is -0.130. The van der Waals surface area contributed by atoms with Crippen molar-refractivity contribution in [3.05, 3.63) is 102 Å². The molecule has 2 heterocycles. The summed E-state index contributed by atoms with van der Waals surface area (Å²) in [4.78, 5) is 18.3. The van der Waals surface area contributed by atoms with Crippen molar-refractivity contribution in [1.29, 1.82) is 0 Å². The molecule has 0 aliphatic rings. The monoisotopic (exact) mass is 466 g/mol. The van der Waals surface area contributed by atoms with Crippen LogP contribution in [0, 0.1) is 6.92 Å². The lowest BCUT2D eigenvalue weighted by atomic mass is 10.1. The van der Waals surface area contributed by atoms with Crippen LogP contribution in [0.15, 0.2) is 65.5 Å². The molecule has 4 nitrogen and oxygen atoms in total. The molecule has 3 aromatic carbocycles. The van der Waals surface area contributed by atoms with Gasteiger partial charge in [-0.3, -0.25) is 4.79 Å². The molecule has 0 saturated carbocycles. The molecular formula is C24H16Cl2N2O2S. The van der Waals surface area contributed by atoms with Gasteiger partial charge in [0.05, 0.1) is 20.6 Å². The summed E-state index contributed by atoms with van der Waals surface area (Å²) in [5.74, 6) is 0.490. The van der Waals surface area contributed by atoms with E-state index in [4.69, 9.17) is 27.9 Å². The van der Waals surface area contributed by atoms with Gasteiger partial charge >= 0.3 is 0 Å². The number of rotatable bonds is 4. The lowest BCUT2D eigenvalue weighted by molar-refractivity contribution is 0.305. The highest BCUT2D eigenvalue weighted by Gasteiger charge is 2.14. The smallest absolute Gasteiger partial charge is 0.274 e. The lowest BCUT2D eigenvalue weighted by Gasteiger charge is -2.13. The van der Waals surface area contributed by atoms with Gasteiger partial charge in [-0.25, -0.2) is 9.38 Å². The molecule has 5 aromatic rings. The minimum Gasteiger partial charge on any atom is -0.487 e. The second-order valence-corrected chi connectivity index (χ2v) is 9.01. The number of ether oxygens (including phenoxy) is 1. The van der Waals surface area contributed by atoms with Crippen LogP contribution in [0.5, 0.6) is 5.75 Å². The number of para-hydroxylation sites is 2. The fraction of sp³-hybridized carbons (Fsp3) is 0.0833. The Labute approximate surface area is 191 Å². The summed E-state index contributed by atoms with van der Waals surface area (Å²) in [6.07, 6.45) is 1.77. The number of imidazole rings is 1. The second-order valence-electron chi connectivity index (χ2n) is 7.16. The summed E-state index contributed by atoms with van der Waals surface area (Å²) < 4.78 is 8.25. The van der Waals surface area contributed by atoms with E-state index in [0.717, 1.165) is 22.2 Å². The molecule has 0 aliphatic heterocycles. The molecule has 0 unspecified atom stereocenters. The Morgan fingerprint density at radius 1 is 1.10 bits per heavy atom. The van der Waals surface area contributed by atoms with Crippen LogP contribution in [0.1, 0.15) is 16.7 Å². The van der Waals surface area contributed by atoms with Crippen molar-refractivity contribution >= 4 is 56.6 Å². The molecule has 0 bridgehead atoms. The first kappa shape index (κ1) is 20.1. The topological polar surface area (TPSA) is 43.6 Å². The zero-order chi connectivity index (χ0) is 21.5. The number of aryl methyl sites for hydroxylation is 1. The summed E-state index contributed by atoms with van der Waals surface area (Å²) in [5.41, 5.74) is 4.30. The van der Waals surface area contributed by atoms with Crippen molar-refractivity contribution in [3.8, 4) is 5.75 Å². The van der Waals surface area contributed by atoms with Crippen molar-refractivity contribution < 1.29 is 4.74 Å². The van der Waals surface area contributed by atoms with Gasteiger partial charge in [-0.05, 0) is 48.4 Å². The molecule has 0 aliphatic carbocycles. The zero-order valence-corrected chi connectivity index (χ0v) is 18.8. The van der Waals surface area contributed by atoms with E-state index in [0.29, 0.717) is 37.5 Å². The van der Waals surface area contributed by atoms with Crippen LogP contribution in [-0.4, -0.2) is 9.38 Å². The summed E-state index contributed by atoms with van der Waals surface area (Å²) in [5, 5.41) is 0.866. The van der Waals surface area contributed by atoms with E-state index < -0.39 is 0 Å². The van der Waals surface area contributed by atoms with Crippen molar-refractivity contribution in [2.75, 3.05) is 0 Å². The van der Waals surface area contributed by atoms with Crippen LogP contribution in [0.3, 0.4) is 0 Å². The molecule has 0 radical (unpaired) electrons. The summed E-state index contributed by atoms with van der Waals surface area (Å²) in [6.45, 7) is 2.39. The van der Waals surface area contributed by atoms with Gasteiger partial charge in [0.25, 0.3) is 5.56 Å². The molecule has 7 heteroatoms. The van der Waals surface area contributed by atoms with Crippen LogP contribution in [0.25, 0.3) is 22.1 Å². The van der Waals surface area contributed by atoms with Gasteiger partial charge in [-0.1, -0.05) is 70.9 Å². The fourth-order valence-electron chi connectivity index (χ4n) is 3.51. The predicted molar refractivity (Wildman–Crippen MR) is 128 cm³/mol. The Kier molecular flexibility index (Phi) is 5.18. The van der Waals surface area contributed by atoms with Crippen LogP contribution < -0.4 is 14.8 Å². The van der Waals surface area contributed by atoms with Crippen molar-refractivity contribution in [3.63, 3.8) is 0 Å². The van der Waals surface area contributed by atoms with Crippen LogP contribution in [-0.2, 0) is 6.61 Å². The summed E-state index contributed by atoms with van der Waals surface area (Å²) in [7, 11) is 0. The number of aromatic nitrogens is 2. The average Bonchev–Trinajstić information content (AvgIpc) is 3.25. The molecule has 0 N–H and O–H groups in total.